The van der Waals surface area contributed by atoms with Crippen LogP contribution in [0.2, 0.25) is 0 Å². The van der Waals surface area contributed by atoms with E-state index in [-0.39, 0.29) is 34.6 Å². The number of hydrogen-bond acceptors (Lipinski definition) is 5. The number of carbonyl (C=O) groups excluding carboxylic acids is 2. The number of rotatable bonds is 7. The highest BCUT2D eigenvalue weighted by Gasteiger charge is 2.19. The molecule has 0 unspecified atom stereocenters. The minimum absolute atomic E-state index is 0.0619. The molecule has 0 radical (unpaired) electrons. The molecule has 0 aliphatic carbocycles. The second-order valence-electron chi connectivity index (χ2n) is 6.84. The van der Waals surface area contributed by atoms with Gasteiger partial charge in [0, 0.05) is 5.69 Å². The monoisotopic (exact) mass is 426 g/mol. The normalized spacial score (nSPS) is 11.1. The quantitative estimate of drug-likeness (QED) is 0.603. The van der Waals surface area contributed by atoms with E-state index in [4.69, 9.17) is 4.42 Å². The molecule has 0 aliphatic rings. The number of amides is 2. The van der Waals surface area contributed by atoms with E-state index in [1.807, 2.05) is 32.0 Å². The van der Waals surface area contributed by atoms with Crippen LogP contribution in [0.5, 0.6) is 0 Å². The van der Waals surface area contributed by atoms with Gasteiger partial charge in [0.25, 0.3) is 5.91 Å². The summed E-state index contributed by atoms with van der Waals surface area (Å²) in [7, 11) is -3.58. The Morgan fingerprint density at radius 1 is 0.900 bits per heavy atom. The molecule has 3 rings (SSSR count). The van der Waals surface area contributed by atoms with Gasteiger partial charge in [-0.1, -0.05) is 36.4 Å². The van der Waals surface area contributed by atoms with Crippen molar-refractivity contribution in [3.05, 3.63) is 83.3 Å². The van der Waals surface area contributed by atoms with E-state index in [2.05, 4.69) is 10.6 Å². The summed E-state index contributed by atoms with van der Waals surface area (Å²) < 4.78 is 30.2. The molecule has 8 heteroatoms. The van der Waals surface area contributed by atoms with Crippen LogP contribution in [0.15, 0.2) is 70.0 Å². The highest BCUT2D eigenvalue weighted by molar-refractivity contribution is 7.90. The fourth-order valence-corrected chi connectivity index (χ4v) is 4.19. The van der Waals surface area contributed by atoms with Crippen molar-refractivity contribution in [1.29, 1.82) is 0 Å². The second kappa shape index (κ2) is 8.96. The number of benzene rings is 2. The number of furan rings is 1. The van der Waals surface area contributed by atoms with Gasteiger partial charge >= 0.3 is 0 Å². The van der Waals surface area contributed by atoms with Gasteiger partial charge in [-0.2, -0.15) is 0 Å². The molecule has 1 aromatic heterocycles. The maximum absolute atomic E-state index is 12.4. The summed E-state index contributed by atoms with van der Waals surface area (Å²) >= 11 is 0. The van der Waals surface area contributed by atoms with Crippen molar-refractivity contribution in [1.82, 2.24) is 5.32 Å². The first-order valence-corrected chi connectivity index (χ1v) is 10.9. The predicted octanol–water partition coefficient (Wildman–Crippen LogP) is 3.24. The van der Waals surface area contributed by atoms with Crippen LogP contribution in [0.3, 0.4) is 0 Å². The number of hydrogen-bond donors (Lipinski definition) is 2. The van der Waals surface area contributed by atoms with Crippen molar-refractivity contribution in [3.8, 4) is 0 Å². The number of sulfone groups is 1. The number of para-hydroxylation sites is 1. The first-order valence-electron chi connectivity index (χ1n) is 9.27. The highest BCUT2D eigenvalue weighted by Crippen LogP contribution is 2.19. The first kappa shape index (κ1) is 21.3. The standard InChI is InChI=1S/C22H22N2O5S/c1-15-7-6-8-16(2)21(15)24-20(25)13-23-22(26)19-12-11-17(29-19)14-30(27,28)18-9-4-3-5-10-18/h3-12H,13-14H2,1-2H3,(H,23,26)(H,24,25). The molecule has 3 aromatic rings. The molecule has 0 saturated carbocycles. The topological polar surface area (TPSA) is 105 Å². The van der Waals surface area contributed by atoms with E-state index in [9.17, 15) is 18.0 Å². The van der Waals surface area contributed by atoms with Gasteiger partial charge in [-0.25, -0.2) is 8.42 Å². The van der Waals surface area contributed by atoms with Gasteiger partial charge in [0.2, 0.25) is 5.91 Å². The molecule has 2 N–H and O–H groups in total. The van der Waals surface area contributed by atoms with E-state index in [1.165, 1.54) is 24.3 Å². The molecular formula is C22H22N2O5S. The zero-order valence-corrected chi connectivity index (χ0v) is 17.5. The average molecular weight is 426 g/mol. The van der Waals surface area contributed by atoms with Gasteiger partial charge in [-0.15, -0.1) is 0 Å². The van der Waals surface area contributed by atoms with E-state index >= 15 is 0 Å². The van der Waals surface area contributed by atoms with Gasteiger partial charge in [0.1, 0.15) is 11.5 Å². The highest BCUT2D eigenvalue weighted by atomic mass is 32.2. The van der Waals surface area contributed by atoms with E-state index < -0.39 is 15.7 Å². The molecule has 2 aromatic carbocycles. The molecule has 1 heterocycles. The summed E-state index contributed by atoms with van der Waals surface area (Å²) in [6, 6.07) is 16.5. The molecule has 0 aliphatic heterocycles. The summed E-state index contributed by atoms with van der Waals surface area (Å²) in [4.78, 5) is 24.6. The van der Waals surface area contributed by atoms with Crippen molar-refractivity contribution in [3.63, 3.8) is 0 Å². The maximum atomic E-state index is 12.4. The Kier molecular flexibility index (Phi) is 6.37. The molecule has 0 bridgehead atoms. The second-order valence-corrected chi connectivity index (χ2v) is 8.83. The molecular weight excluding hydrogens is 404 g/mol. The van der Waals surface area contributed by atoms with E-state index in [1.54, 1.807) is 18.2 Å². The smallest absolute Gasteiger partial charge is 0.287 e. The third-order valence-electron chi connectivity index (χ3n) is 4.48. The third-order valence-corrected chi connectivity index (χ3v) is 6.13. The van der Waals surface area contributed by atoms with Crippen molar-refractivity contribution < 1.29 is 22.4 Å². The van der Waals surface area contributed by atoms with Crippen molar-refractivity contribution in [2.24, 2.45) is 0 Å². The molecule has 7 nitrogen and oxygen atoms in total. The minimum Gasteiger partial charge on any atom is -0.455 e. The van der Waals surface area contributed by atoms with Gasteiger partial charge < -0.3 is 15.1 Å². The minimum atomic E-state index is -3.58. The Hall–Kier alpha value is -3.39. The molecule has 2 amide bonds. The van der Waals surface area contributed by atoms with Gasteiger partial charge in [0.15, 0.2) is 15.6 Å². The van der Waals surface area contributed by atoms with E-state index in [0.717, 1.165) is 11.1 Å². The summed E-state index contributed by atoms with van der Waals surface area (Å²) in [6.45, 7) is 3.52. The molecule has 156 valence electrons. The van der Waals surface area contributed by atoms with Crippen LogP contribution in [0, 0.1) is 13.8 Å². The lowest BCUT2D eigenvalue weighted by Crippen LogP contribution is -2.33. The van der Waals surface area contributed by atoms with Gasteiger partial charge in [0.05, 0.1) is 11.4 Å². The summed E-state index contributed by atoms with van der Waals surface area (Å²) in [5.74, 6) is -1.26. The Balaban J connectivity index is 1.58. The van der Waals surface area contributed by atoms with Crippen LogP contribution < -0.4 is 10.6 Å². The van der Waals surface area contributed by atoms with Crippen LogP contribution in [0.4, 0.5) is 5.69 Å². The summed E-state index contributed by atoms with van der Waals surface area (Å²) in [5, 5.41) is 5.25. The van der Waals surface area contributed by atoms with Gasteiger partial charge in [-0.05, 0) is 49.2 Å². The Morgan fingerprint density at radius 3 is 2.23 bits per heavy atom. The lowest BCUT2D eigenvalue weighted by molar-refractivity contribution is -0.115. The predicted molar refractivity (Wildman–Crippen MR) is 113 cm³/mol. The van der Waals surface area contributed by atoms with E-state index in [0.29, 0.717) is 5.69 Å². The van der Waals surface area contributed by atoms with Crippen LogP contribution in [0.1, 0.15) is 27.4 Å². The largest absolute Gasteiger partial charge is 0.455 e. The Morgan fingerprint density at radius 2 is 1.57 bits per heavy atom. The first-order chi connectivity index (χ1) is 14.3. The fourth-order valence-electron chi connectivity index (χ4n) is 2.92. The zero-order chi connectivity index (χ0) is 21.7. The lowest BCUT2D eigenvalue weighted by Gasteiger charge is -2.11. The Bertz CT molecular complexity index is 1150. The van der Waals surface area contributed by atoms with Gasteiger partial charge in [-0.3, -0.25) is 9.59 Å². The average Bonchev–Trinajstić information content (AvgIpc) is 3.17. The number of anilines is 1. The number of aryl methyl sites for hydroxylation is 2. The summed E-state index contributed by atoms with van der Waals surface area (Å²) in [5.41, 5.74) is 2.55. The third kappa shape index (κ3) is 5.15. The molecule has 0 saturated heterocycles. The van der Waals surface area contributed by atoms with Crippen LogP contribution >= 0.6 is 0 Å². The summed E-state index contributed by atoms with van der Waals surface area (Å²) in [6.07, 6.45) is 0. The number of nitrogens with one attached hydrogen (secondary N) is 2. The zero-order valence-electron chi connectivity index (χ0n) is 16.6. The molecule has 0 atom stereocenters. The van der Waals surface area contributed by atoms with Crippen molar-refractivity contribution in [2.45, 2.75) is 24.5 Å². The van der Waals surface area contributed by atoms with Crippen molar-refractivity contribution in [2.75, 3.05) is 11.9 Å². The molecule has 30 heavy (non-hydrogen) atoms. The van der Waals surface area contributed by atoms with Crippen LogP contribution in [-0.2, 0) is 20.4 Å². The Labute approximate surface area is 175 Å². The SMILES string of the molecule is Cc1cccc(C)c1NC(=O)CNC(=O)c1ccc(CS(=O)(=O)c2ccccc2)o1. The fraction of sp³-hybridized carbons (Fsp3) is 0.182. The molecule has 0 fully saturated rings. The number of carbonyl (C=O) groups is 2. The lowest BCUT2D eigenvalue weighted by atomic mass is 10.1. The van der Waals surface area contributed by atoms with Crippen LogP contribution in [-0.4, -0.2) is 26.8 Å². The maximum Gasteiger partial charge on any atom is 0.287 e. The van der Waals surface area contributed by atoms with Crippen molar-refractivity contribution >= 4 is 27.3 Å². The molecule has 0 spiro atoms. The van der Waals surface area contributed by atoms with Crippen LogP contribution in [0.25, 0.3) is 0 Å².